The van der Waals surface area contributed by atoms with E-state index in [1.807, 2.05) is 19.1 Å². The molecule has 20 heavy (non-hydrogen) atoms. The molecule has 1 unspecified atom stereocenters. The maximum Gasteiger partial charge on any atom is 0.331 e. The first-order valence-electron chi connectivity index (χ1n) is 7.39. The number of ether oxygens (including phenoxy) is 1. The standard InChI is InChI=1S/C17H25NO2/c1-5-20-15(19)17(10-9-16(3,4)12-17)18-14-8-6-7-13(2)11-14/h6-8,11,18H,5,9-10,12H2,1-4H3. The Morgan fingerprint density at radius 2 is 2.10 bits per heavy atom. The van der Waals surface area contributed by atoms with Gasteiger partial charge in [0.05, 0.1) is 6.61 Å². The highest BCUT2D eigenvalue weighted by atomic mass is 16.5. The summed E-state index contributed by atoms with van der Waals surface area (Å²) < 4.78 is 5.32. The first-order chi connectivity index (χ1) is 9.37. The molecule has 0 radical (unpaired) electrons. The van der Waals surface area contributed by atoms with E-state index in [-0.39, 0.29) is 11.4 Å². The second-order valence-electron chi connectivity index (χ2n) is 6.64. The van der Waals surface area contributed by atoms with Gasteiger partial charge in [0.2, 0.25) is 0 Å². The Morgan fingerprint density at radius 3 is 2.65 bits per heavy atom. The summed E-state index contributed by atoms with van der Waals surface area (Å²) >= 11 is 0. The Morgan fingerprint density at radius 1 is 1.35 bits per heavy atom. The van der Waals surface area contributed by atoms with Gasteiger partial charge in [-0.05, 0) is 56.2 Å². The summed E-state index contributed by atoms with van der Waals surface area (Å²) in [5, 5.41) is 3.46. The van der Waals surface area contributed by atoms with Crippen LogP contribution in [0.5, 0.6) is 0 Å². The average Bonchev–Trinajstić information content (AvgIpc) is 2.66. The lowest BCUT2D eigenvalue weighted by Crippen LogP contribution is -2.46. The zero-order valence-corrected chi connectivity index (χ0v) is 13.0. The van der Waals surface area contributed by atoms with Crippen LogP contribution in [0.1, 0.15) is 45.6 Å². The highest BCUT2D eigenvalue weighted by Crippen LogP contribution is 2.45. The molecule has 0 aliphatic heterocycles. The normalized spacial score (nSPS) is 24.4. The Balaban J connectivity index is 2.26. The first-order valence-corrected chi connectivity index (χ1v) is 7.39. The van der Waals surface area contributed by atoms with Crippen LogP contribution in [0, 0.1) is 12.3 Å². The van der Waals surface area contributed by atoms with Crippen molar-refractivity contribution < 1.29 is 9.53 Å². The number of hydrogen-bond acceptors (Lipinski definition) is 3. The second-order valence-corrected chi connectivity index (χ2v) is 6.64. The maximum absolute atomic E-state index is 12.5. The molecule has 3 nitrogen and oxygen atoms in total. The second kappa shape index (κ2) is 5.47. The van der Waals surface area contributed by atoms with Crippen LogP contribution in [0.4, 0.5) is 5.69 Å². The quantitative estimate of drug-likeness (QED) is 0.846. The molecule has 1 aromatic rings. The number of anilines is 1. The molecule has 0 aromatic heterocycles. The number of aryl methyl sites for hydroxylation is 1. The van der Waals surface area contributed by atoms with Crippen LogP contribution in [0.3, 0.4) is 0 Å². The number of benzene rings is 1. The number of rotatable bonds is 4. The van der Waals surface area contributed by atoms with E-state index >= 15 is 0 Å². The van der Waals surface area contributed by atoms with Gasteiger partial charge in [-0.3, -0.25) is 0 Å². The van der Waals surface area contributed by atoms with Crippen molar-refractivity contribution in [3.63, 3.8) is 0 Å². The number of esters is 1. The van der Waals surface area contributed by atoms with Gasteiger partial charge in [-0.25, -0.2) is 4.79 Å². The molecule has 0 saturated heterocycles. The van der Waals surface area contributed by atoms with Crippen LogP contribution in [0.2, 0.25) is 0 Å². The van der Waals surface area contributed by atoms with Gasteiger partial charge in [-0.15, -0.1) is 0 Å². The van der Waals surface area contributed by atoms with Crippen molar-refractivity contribution in [3.05, 3.63) is 29.8 Å². The molecule has 3 heteroatoms. The van der Waals surface area contributed by atoms with Crippen LogP contribution in [-0.4, -0.2) is 18.1 Å². The average molecular weight is 275 g/mol. The van der Waals surface area contributed by atoms with Crippen molar-refractivity contribution in [3.8, 4) is 0 Å². The van der Waals surface area contributed by atoms with E-state index in [0.717, 1.165) is 24.9 Å². The van der Waals surface area contributed by atoms with Gasteiger partial charge in [0.1, 0.15) is 5.54 Å². The molecule has 1 aliphatic carbocycles. The molecule has 2 rings (SSSR count). The van der Waals surface area contributed by atoms with Gasteiger partial charge >= 0.3 is 5.97 Å². The minimum Gasteiger partial charge on any atom is -0.464 e. The Bertz CT molecular complexity index is 496. The smallest absolute Gasteiger partial charge is 0.331 e. The SMILES string of the molecule is CCOC(=O)C1(Nc2cccc(C)c2)CCC(C)(C)C1. The summed E-state index contributed by atoms with van der Waals surface area (Å²) in [6.07, 6.45) is 2.67. The van der Waals surface area contributed by atoms with E-state index < -0.39 is 5.54 Å². The predicted octanol–water partition coefficient (Wildman–Crippen LogP) is 3.92. The number of hydrogen-bond donors (Lipinski definition) is 1. The third-order valence-corrected chi connectivity index (χ3v) is 4.08. The zero-order valence-electron chi connectivity index (χ0n) is 13.0. The largest absolute Gasteiger partial charge is 0.464 e. The molecular weight excluding hydrogens is 250 g/mol. The van der Waals surface area contributed by atoms with Crippen molar-refractivity contribution >= 4 is 11.7 Å². The van der Waals surface area contributed by atoms with Crippen molar-refractivity contribution in [1.29, 1.82) is 0 Å². The summed E-state index contributed by atoms with van der Waals surface area (Å²) in [5.74, 6) is -0.118. The van der Waals surface area contributed by atoms with E-state index in [1.165, 1.54) is 5.56 Å². The molecule has 1 atom stereocenters. The summed E-state index contributed by atoms with van der Waals surface area (Å²) in [7, 11) is 0. The van der Waals surface area contributed by atoms with Gasteiger partial charge in [-0.2, -0.15) is 0 Å². The Hall–Kier alpha value is -1.51. The molecule has 0 amide bonds. The number of carbonyl (C=O) groups excluding carboxylic acids is 1. The first kappa shape index (κ1) is 14.9. The summed E-state index contributed by atoms with van der Waals surface area (Å²) in [6.45, 7) is 8.77. The van der Waals surface area contributed by atoms with Crippen molar-refractivity contribution in [1.82, 2.24) is 0 Å². The molecule has 1 aliphatic rings. The van der Waals surface area contributed by atoms with Gasteiger partial charge in [0, 0.05) is 5.69 Å². The monoisotopic (exact) mass is 275 g/mol. The van der Waals surface area contributed by atoms with E-state index in [9.17, 15) is 4.79 Å². The summed E-state index contributed by atoms with van der Waals surface area (Å²) in [6, 6.07) is 8.16. The molecule has 1 aromatic carbocycles. The molecule has 1 fully saturated rings. The fraction of sp³-hybridized carbons (Fsp3) is 0.588. The predicted molar refractivity (Wildman–Crippen MR) is 81.8 cm³/mol. The number of nitrogens with one attached hydrogen (secondary N) is 1. The fourth-order valence-corrected chi connectivity index (χ4v) is 3.15. The van der Waals surface area contributed by atoms with Gasteiger partial charge in [0.15, 0.2) is 0 Å². The Labute approximate surface area is 121 Å². The minimum absolute atomic E-state index is 0.118. The molecule has 0 spiro atoms. The third kappa shape index (κ3) is 3.14. The summed E-state index contributed by atoms with van der Waals surface area (Å²) in [5.41, 5.74) is 1.78. The van der Waals surface area contributed by atoms with E-state index in [1.54, 1.807) is 0 Å². The molecule has 1 saturated carbocycles. The lowest BCUT2D eigenvalue weighted by Gasteiger charge is -2.31. The van der Waals surface area contributed by atoms with Gasteiger partial charge < -0.3 is 10.1 Å². The highest BCUT2D eigenvalue weighted by molar-refractivity contribution is 5.85. The van der Waals surface area contributed by atoms with Crippen LogP contribution < -0.4 is 5.32 Å². The topological polar surface area (TPSA) is 38.3 Å². The lowest BCUT2D eigenvalue weighted by molar-refractivity contribution is -0.148. The van der Waals surface area contributed by atoms with E-state index in [4.69, 9.17) is 4.74 Å². The van der Waals surface area contributed by atoms with Crippen LogP contribution in [-0.2, 0) is 9.53 Å². The molecule has 0 heterocycles. The Kier molecular flexibility index (Phi) is 4.07. The molecule has 110 valence electrons. The van der Waals surface area contributed by atoms with Gasteiger partial charge in [-0.1, -0.05) is 26.0 Å². The van der Waals surface area contributed by atoms with Crippen LogP contribution in [0.25, 0.3) is 0 Å². The lowest BCUT2D eigenvalue weighted by atomic mass is 9.87. The van der Waals surface area contributed by atoms with Crippen molar-refractivity contribution in [2.45, 2.75) is 52.5 Å². The van der Waals surface area contributed by atoms with E-state index in [0.29, 0.717) is 6.61 Å². The van der Waals surface area contributed by atoms with E-state index in [2.05, 4.69) is 38.2 Å². The third-order valence-electron chi connectivity index (χ3n) is 4.08. The fourth-order valence-electron chi connectivity index (χ4n) is 3.15. The zero-order chi connectivity index (χ0) is 14.8. The maximum atomic E-state index is 12.5. The summed E-state index contributed by atoms with van der Waals surface area (Å²) in [4.78, 5) is 12.5. The highest BCUT2D eigenvalue weighted by Gasteiger charge is 2.49. The van der Waals surface area contributed by atoms with Crippen molar-refractivity contribution in [2.24, 2.45) is 5.41 Å². The molecule has 1 N–H and O–H groups in total. The van der Waals surface area contributed by atoms with Crippen LogP contribution in [0.15, 0.2) is 24.3 Å². The molecular formula is C17H25NO2. The number of carbonyl (C=O) groups is 1. The molecule has 0 bridgehead atoms. The van der Waals surface area contributed by atoms with Gasteiger partial charge in [0.25, 0.3) is 0 Å². The minimum atomic E-state index is -0.576. The van der Waals surface area contributed by atoms with Crippen molar-refractivity contribution in [2.75, 3.05) is 11.9 Å². The van der Waals surface area contributed by atoms with Crippen LogP contribution >= 0.6 is 0 Å².